The van der Waals surface area contributed by atoms with Crippen LogP contribution in [-0.2, 0) is 0 Å². The summed E-state index contributed by atoms with van der Waals surface area (Å²) in [5.74, 6) is 1.89. The predicted octanol–water partition coefficient (Wildman–Crippen LogP) is 14.0. The summed E-state index contributed by atoms with van der Waals surface area (Å²) in [6, 6.07) is 64.4. The van der Waals surface area contributed by atoms with Gasteiger partial charge in [-0.15, -0.1) is 11.3 Å². The Morgan fingerprint density at radius 3 is 1.53 bits per heavy atom. The third-order valence-electron chi connectivity index (χ3n) is 11.3. The van der Waals surface area contributed by atoms with Gasteiger partial charge in [0.1, 0.15) is 4.83 Å². The first-order valence-corrected chi connectivity index (χ1v) is 19.9. The van der Waals surface area contributed by atoms with Crippen molar-refractivity contribution < 1.29 is 0 Å². The molecular weight excluding hydrogens is 713 g/mol. The molecule has 0 aliphatic rings. The highest BCUT2D eigenvalue weighted by molar-refractivity contribution is 7.25. The molecule has 0 aliphatic heterocycles. The first-order valence-electron chi connectivity index (χ1n) is 19.1. The van der Waals surface area contributed by atoms with Crippen LogP contribution in [0.3, 0.4) is 0 Å². The third-order valence-corrected chi connectivity index (χ3v) is 12.4. The van der Waals surface area contributed by atoms with Crippen LogP contribution in [0.4, 0.5) is 0 Å². The van der Waals surface area contributed by atoms with Gasteiger partial charge in [0.15, 0.2) is 17.5 Å². The number of fused-ring (bicyclic) bond motifs is 5. The van der Waals surface area contributed by atoms with E-state index in [-0.39, 0.29) is 0 Å². The van der Waals surface area contributed by atoms with Gasteiger partial charge in [0, 0.05) is 43.1 Å². The fraction of sp³-hybridized carbons (Fsp3) is 0. The van der Waals surface area contributed by atoms with Gasteiger partial charge in [0.25, 0.3) is 0 Å². The van der Waals surface area contributed by atoms with Crippen LogP contribution >= 0.6 is 11.3 Å². The minimum absolute atomic E-state index is 0.624. The molecule has 0 spiro atoms. The van der Waals surface area contributed by atoms with Gasteiger partial charge < -0.3 is 0 Å². The van der Waals surface area contributed by atoms with Gasteiger partial charge in [-0.1, -0.05) is 176 Å². The third kappa shape index (κ3) is 5.13. The Bertz CT molecular complexity index is 3480. The zero-order valence-corrected chi connectivity index (χ0v) is 31.3. The summed E-state index contributed by atoms with van der Waals surface area (Å²) in [6.07, 6.45) is 0. The minimum atomic E-state index is 0.624. The largest absolute Gasteiger partial charge is 0.236 e. The van der Waals surface area contributed by atoms with Gasteiger partial charge in [-0.2, -0.15) is 0 Å². The summed E-state index contributed by atoms with van der Waals surface area (Å²) in [7, 11) is 0. The molecule has 0 aliphatic carbocycles. The molecule has 0 unspecified atom stereocenters. The van der Waals surface area contributed by atoms with E-state index in [0.29, 0.717) is 17.5 Å². The molecule has 3 heterocycles. The fourth-order valence-electron chi connectivity index (χ4n) is 8.57. The molecule has 264 valence electrons. The number of aromatic nitrogens is 4. The summed E-state index contributed by atoms with van der Waals surface area (Å²) in [5.41, 5.74) is 7.17. The van der Waals surface area contributed by atoms with Crippen molar-refractivity contribution in [1.29, 1.82) is 0 Å². The normalized spacial score (nSPS) is 11.9. The van der Waals surface area contributed by atoms with Crippen molar-refractivity contribution in [3.8, 4) is 56.5 Å². The van der Waals surface area contributed by atoms with Crippen LogP contribution in [0.2, 0.25) is 0 Å². The molecule has 0 atom stereocenters. The Labute approximate surface area is 331 Å². The SMILES string of the molecule is c1ccc(-c2nc(-c3ccc(-c4nc5sc6ccccc6c5c5ccccc45)cc3)nc(-c3ccc(-c4ccc5ccc6cccc7ccc4c5c67)cc3)n2)cc1. The van der Waals surface area contributed by atoms with Crippen LogP contribution in [0.5, 0.6) is 0 Å². The van der Waals surface area contributed by atoms with E-state index in [2.05, 4.69) is 152 Å². The number of rotatable bonds is 5. The van der Waals surface area contributed by atoms with E-state index in [9.17, 15) is 0 Å². The quantitative estimate of drug-likeness (QED) is 0.165. The summed E-state index contributed by atoms with van der Waals surface area (Å²) in [5, 5.41) is 12.5. The second-order valence-electron chi connectivity index (χ2n) is 14.6. The number of hydrogen-bond donors (Lipinski definition) is 0. The molecular formula is C52H30N4S. The Morgan fingerprint density at radius 2 is 0.825 bits per heavy atom. The summed E-state index contributed by atoms with van der Waals surface area (Å²) in [6.45, 7) is 0. The van der Waals surface area contributed by atoms with Crippen LogP contribution in [0.15, 0.2) is 182 Å². The molecule has 0 saturated heterocycles. The fourth-order valence-corrected chi connectivity index (χ4v) is 9.67. The van der Waals surface area contributed by atoms with Crippen molar-refractivity contribution in [2.45, 2.75) is 0 Å². The van der Waals surface area contributed by atoms with E-state index in [1.807, 2.05) is 30.3 Å². The Morgan fingerprint density at radius 1 is 0.298 bits per heavy atom. The van der Waals surface area contributed by atoms with E-state index in [0.717, 1.165) is 43.7 Å². The van der Waals surface area contributed by atoms with Crippen molar-refractivity contribution in [1.82, 2.24) is 19.9 Å². The second-order valence-corrected chi connectivity index (χ2v) is 15.6. The minimum Gasteiger partial charge on any atom is -0.236 e. The van der Waals surface area contributed by atoms with Gasteiger partial charge in [-0.05, 0) is 54.9 Å². The van der Waals surface area contributed by atoms with Gasteiger partial charge >= 0.3 is 0 Å². The van der Waals surface area contributed by atoms with Crippen molar-refractivity contribution in [2.24, 2.45) is 0 Å². The van der Waals surface area contributed by atoms with Crippen molar-refractivity contribution >= 4 is 74.7 Å². The van der Waals surface area contributed by atoms with Crippen LogP contribution in [0, 0.1) is 0 Å². The molecule has 4 nitrogen and oxygen atoms in total. The van der Waals surface area contributed by atoms with Crippen LogP contribution in [0.1, 0.15) is 0 Å². The lowest BCUT2D eigenvalue weighted by Crippen LogP contribution is -2.00. The molecule has 0 saturated carbocycles. The van der Waals surface area contributed by atoms with Crippen LogP contribution in [0.25, 0.3) is 120 Å². The molecule has 0 N–H and O–H groups in total. The number of hydrogen-bond acceptors (Lipinski definition) is 5. The zero-order valence-electron chi connectivity index (χ0n) is 30.5. The molecule has 0 radical (unpaired) electrons. The standard InChI is InChI=1S/C52H30N4S/c1-2-9-36(10-3-1)49-54-50(37-23-17-31(18-24-37)39-29-27-34-20-19-32-11-8-12-33-28-30-41(39)46(34)45(32)33)56-51(55-49)38-25-21-35(22-26-38)48-42-14-5-4-13-40(42)47-43-15-6-7-16-44(43)57-52(47)53-48/h1-30H. The number of benzene rings is 9. The lowest BCUT2D eigenvalue weighted by Gasteiger charge is -2.14. The van der Waals surface area contributed by atoms with Gasteiger partial charge in [-0.3, -0.25) is 0 Å². The van der Waals surface area contributed by atoms with E-state index >= 15 is 0 Å². The topological polar surface area (TPSA) is 51.6 Å². The second kappa shape index (κ2) is 12.6. The lowest BCUT2D eigenvalue weighted by atomic mass is 9.90. The summed E-state index contributed by atoms with van der Waals surface area (Å²) < 4.78 is 1.25. The first-order chi connectivity index (χ1) is 28.2. The first kappa shape index (κ1) is 32.0. The molecule has 0 amide bonds. The maximum atomic E-state index is 5.27. The average molecular weight is 743 g/mol. The van der Waals surface area contributed by atoms with Crippen LogP contribution in [-0.4, -0.2) is 19.9 Å². The van der Waals surface area contributed by atoms with E-state index < -0.39 is 0 Å². The monoisotopic (exact) mass is 742 g/mol. The summed E-state index contributed by atoms with van der Waals surface area (Å²) >= 11 is 1.75. The highest BCUT2D eigenvalue weighted by Crippen LogP contribution is 2.42. The lowest BCUT2D eigenvalue weighted by molar-refractivity contribution is 1.07. The Hall–Kier alpha value is -7.34. The van der Waals surface area contributed by atoms with E-state index in [1.165, 1.54) is 58.7 Å². The molecule has 5 heteroatoms. The van der Waals surface area contributed by atoms with Gasteiger partial charge in [-0.25, -0.2) is 19.9 Å². The van der Waals surface area contributed by atoms with Crippen LogP contribution < -0.4 is 0 Å². The average Bonchev–Trinajstić information content (AvgIpc) is 3.67. The van der Waals surface area contributed by atoms with Crippen molar-refractivity contribution in [3.63, 3.8) is 0 Å². The molecule has 12 aromatic rings. The molecule has 0 fully saturated rings. The molecule has 0 bridgehead atoms. The number of thiophene rings is 1. The highest BCUT2D eigenvalue weighted by atomic mass is 32.1. The number of nitrogens with zero attached hydrogens (tertiary/aromatic N) is 4. The maximum absolute atomic E-state index is 5.27. The zero-order chi connectivity index (χ0) is 37.5. The predicted molar refractivity (Wildman–Crippen MR) is 239 cm³/mol. The van der Waals surface area contributed by atoms with Crippen molar-refractivity contribution in [3.05, 3.63) is 182 Å². The maximum Gasteiger partial charge on any atom is 0.164 e. The number of pyridine rings is 1. The van der Waals surface area contributed by atoms with Gasteiger partial charge in [0.05, 0.1) is 5.69 Å². The molecule has 3 aromatic heterocycles. The Balaban J connectivity index is 0.946. The Kier molecular flexibility index (Phi) is 7.06. The summed E-state index contributed by atoms with van der Waals surface area (Å²) in [4.78, 5) is 21.4. The molecule has 9 aromatic carbocycles. The van der Waals surface area contributed by atoms with E-state index in [1.54, 1.807) is 11.3 Å². The van der Waals surface area contributed by atoms with Crippen molar-refractivity contribution in [2.75, 3.05) is 0 Å². The highest BCUT2D eigenvalue weighted by Gasteiger charge is 2.17. The molecule has 57 heavy (non-hydrogen) atoms. The molecule has 12 rings (SSSR count). The van der Waals surface area contributed by atoms with E-state index in [4.69, 9.17) is 19.9 Å². The van der Waals surface area contributed by atoms with Gasteiger partial charge in [0.2, 0.25) is 0 Å². The smallest absolute Gasteiger partial charge is 0.164 e.